The maximum atomic E-state index is 11.5. The van der Waals surface area contributed by atoms with Gasteiger partial charge in [0.15, 0.2) is 0 Å². The SMILES string of the molecule is CCC(O)(c1ccc2cc(OC)ccc2c1)[C@@]12CCCC[C@@H]1O2. The summed E-state index contributed by atoms with van der Waals surface area (Å²) in [5, 5.41) is 13.8. The van der Waals surface area contributed by atoms with Crippen LogP contribution in [0.2, 0.25) is 0 Å². The van der Waals surface area contributed by atoms with Crippen molar-refractivity contribution in [3.8, 4) is 5.75 Å². The molecule has 2 aromatic carbocycles. The molecule has 1 aliphatic carbocycles. The first-order chi connectivity index (χ1) is 11.1. The lowest BCUT2D eigenvalue weighted by Gasteiger charge is -2.36. The van der Waals surface area contributed by atoms with Crippen LogP contribution in [-0.4, -0.2) is 23.9 Å². The summed E-state index contributed by atoms with van der Waals surface area (Å²) in [6.45, 7) is 2.06. The molecule has 0 radical (unpaired) electrons. The van der Waals surface area contributed by atoms with Crippen LogP contribution in [0.5, 0.6) is 5.75 Å². The van der Waals surface area contributed by atoms with Crippen molar-refractivity contribution in [2.45, 2.75) is 56.3 Å². The van der Waals surface area contributed by atoms with Gasteiger partial charge in [-0.2, -0.15) is 0 Å². The van der Waals surface area contributed by atoms with E-state index in [4.69, 9.17) is 9.47 Å². The van der Waals surface area contributed by atoms with Gasteiger partial charge < -0.3 is 14.6 Å². The summed E-state index contributed by atoms with van der Waals surface area (Å²) in [5.41, 5.74) is -0.283. The highest BCUT2D eigenvalue weighted by Gasteiger charge is 2.68. The second-order valence-corrected chi connectivity index (χ2v) is 6.88. The highest BCUT2D eigenvalue weighted by molar-refractivity contribution is 5.84. The second kappa shape index (κ2) is 5.22. The molecule has 3 heteroatoms. The van der Waals surface area contributed by atoms with Crippen molar-refractivity contribution in [2.75, 3.05) is 7.11 Å². The van der Waals surface area contributed by atoms with E-state index >= 15 is 0 Å². The highest BCUT2D eigenvalue weighted by atomic mass is 16.6. The predicted octanol–water partition coefficient (Wildman–Crippen LogP) is 4.16. The molecule has 1 N–H and O–H groups in total. The Balaban J connectivity index is 1.77. The molecular weight excluding hydrogens is 288 g/mol. The number of epoxide rings is 1. The Kier molecular flexibility index (Phi) is 3.40. The van der Waals surface area contributed by atoms with Crippen LogP contribution in [0.25, 0.3) is 10.8 Å². The number of hydrogen-bond acceptors (Lipinski definition) is 3. The lowest BCUT2D eigenvalue weighted by atomic mass is 9.71. The predicted molar refractivity (Wildman–Crippen MR) is 90.8 cm³/mol. The molecular formula is C20H24O3. The molecule has 1 saturated heterocycles. The molecule has 3 atom stereocenters. The summed E-state index contributed by atoms with van der Waals surface area (Å²) < 4.78 is 11.3. The Morgan fingerprint density at radius 1 is 1.22 bits per heavy atom. The van der Waals surface area contributed by atoms with Gasteiger partial charge in [-0.05, 0) is 53.8 Å². The topological polar surface area (TPSA) is 42.0 Å². The molecule has 1 unspecified atom stereocenters. The maximum Gasteiger partial charge on any atom is 0.127 e. The van der Waals surface area contributed by atoms with E-state index in [-0.39, 0.29) is 11.7 Å². The number of hydrogen-bond donors (Lipinski definition) is 1. The Hall–Kier alpha value is -1.58. The second-order valence-electron chi connectivity index (χ2n) is 6.88. The Labute approximate surface area is 137 Å². The Bertz CT molecular complexity index is 741. The summed E-state index contributed by atoms with van der Waals surface area (Å²) in [4.78, 5) is 0. The Morgan fingerprint density at radius 3 is 2.74 bits per heavy atom. The summed E-state index contributed by atoms with van der Waals surface area (Å²) in [5.74, 6) is 0.854. The third-order valence-corrected chi connectivity index (χ3v) is 5.82. The van der Waals surface area contributed by atoms with Crippen molar-refractivity contribution in [1.82, 2.24) is 0 Å². The first kappa shape index (κ1) is 15.0. The van der Waals surface area contributed by atoms with Crippen LogP contribution in [0.4, 0.5) is 0 Å². The molecule has 1 aliphatic heterocycles. The van der Waals surface area contributed by atoms with Crippen LogP contribution < -0.4 is 4.74 Å². The van der Waals surface area contributed by atoms with Gasteiger partial charge in [0.05, 0.1) is 13.2 Å². The zero-order chi connectivity index (χ0) is 16.1. The van der Waals surface area contributed by atoms with E-state index in [0.717, 1.165) is 41.3 Å². The third kappa shape index (κ3) is 2.10. The molecule has 122 valence electrons. The monoisotopic (exact) mass is 312 g/mol. The van der Waals surface area contributed by atoms with Gasteiger partial charge in [-0.25, -0.2) is 0 Å². The fourth-order valence-corrected chi connectivity index (χ4v) is 4.38. The van der Waals surface area contributed by atoms with E-state index < -0.39 is 5.60 Å². The summed E-state index contributed by atoms with van der Waals surface area (Å²) in [6, 6.07) is 12.3. The van der Waals surface area contributed by atoms with E-state index in [9.17, 15) is 5.11 Å². The van der Waals surface area contributed by atoms with Gasteiger partial charge in [0, 0.05) is 0 Å². The normalized spacial score (nSPS) is 28.9. The maximum absolute atomic E-state index is 11.5. The largest absolute Gasteiger partial charge is 0.497 e. The van der Waals surface area contributed by atoms with Crippen LogP contribution in [-0.2, 0) is 10.3 Å². The third-order valence-electron chi connectivity index (χ3n) is 5.82. The van der Waals surface area contributed by atoms with Crippen LogP contribution >= 0.6 is 0 Å². The number of ether oxygens (including phenoxy) is 2. The zero-order valence-corrected chi connectivity index (χ0v) is 13.8. The molecule has 4 rings (SSSR count). The molecule has 1 heterocycles. The lowest BCUT2D eigenvalue weighted by Crippen LogP contribution is -2.45. The number of aliphatic hydroxyl groups is 1. The van der Waals surface area contributed by atoms with Crippen molar-refractivity contribution in [3.05, 3.63) is 42.0 Å². The van der Waals surface area contributed by atoms with Crippen LogP contribution in [0.15, 0.2) is 36.4 Å². The minimum Gasteiger partial charge on any atom is -0.497 e. The smallest absolute Gasteiger partial charge is 0.127 e. The number of rotatable bonds is 4. The van der Waals surface area contributed by atoms with Gasteiger partial charge >= 0.3 is 0 Å². The molecule has 23 heavy (non-hydrogen) atoms. The van der Waals surface area contributed by atoms with Crippen LogP contribution in [0.3, 0.4) is 0 Å². The number of methoxy groups -OCH3 is 1. The van der Waals surface area contributed by atoms with E-state index in [0.29, 0.717) is 6.42 Å². The average molecular weight is 312 g/mol. The zero-order valence-electron chi connectivity index (χ0n) is 13.8. The average Bonchev–Trinajstić information content (AvgIpc) is 3.36. The van der Waals surface area contributed by atoms with E-state index in [2.05, 4.69) is 25.1 Å². The minimum absolute atomic E-state index is 0.229. The molecule has 3 nitrogen and oxygen atoms in total. The van der Waals surface area contributed by atoms with Crippen molar-refractivity contribution in [3.63, 3.8) is 0 Å². The van der Waals surface area contributed by atoms with E-state index in [1.807, 2.05) is 18.2 Å². The van der Waals surface area contributed by atoms with Gasteiger partial charge in [-0.3, -0.25) is 0 Å². The van der Waals surface area contributed by atoms with Crippen molar-refractivity contribution in [2.24, 2.45) is 0 Å². The first-order valence-electron chi connectivity index (χ1n) is 8.61. The van der Waals surface area contributed by atoms with Gasteiger partial charge in [0.25, 0.3) is 0 Å². The Morgan fingerprint density at radius 2 is 2.00 bits per heavy atom. The van der Waals surface area contributed by atoms with E-state index in [1.54, 1.807) is 7.11 Å². The summed E-state index contributed by atoms with van der Waals surface area (Å²) >= 11 is 0. The van der Waals surface area contributed by atoms with Gasteiger partial charge in [-0.15, -0.1) is 0 Å². The summed E-state index contributed by atoms with van der Waals surface area (Å²) in [7, 11) is 1.68. The van der Waals surface area contributed by atoms with Gasteiger partial charge in [0.1, 0.15) is 17.0 Å². The first-order valence-corrected chi connectivity index (χ1v) is 8.61. The standard InChI is InChI=1S/C20H24O3/c1-3-19(21,20-11-5-4-6-18(20)23-20)16-9-7-15-13-17(22-2)10-8-14(15)12-16/h7-10,12-13,18,21H,3-6,11H2,1-2H3/t18-,19?,20+/m0/s1. The summed E-state index contributed by atoms with van der Waals surface area (Å²) in [6.07, 6.45) is 5.29. The molecule has 2 aromatic rings. The number of fused-ring (bicyclic) bond motifs is 2. The van der Waals surface area contributed by atoms with Crippen LogP contribution in [0.1, 0.15) is 44.6 Å². The van der Waals surface area contributed by atoms with Gasteiger partial charge in [0.2, 0.25) is 0 Å². The quantitative estimate of drug-likeness (QED) is 0.862. The number of benzene rings is 2. The lowest BCUT2D eigenvalue weighted by molar-refractivity contribution is -0.0528. The minimum atomic E-state index is -0.897. The molecule has 0 aromatic heterocycles. The van der Waals surface area contributed by atoms with Crippen molar-refractivity contribution >= 4 is 10.8 Å². The molecule has 2 aliphatic rings. The van der Waals surface area contributed by atoms with Crippen LogP contribution in [0, 0.1) is 0 Å². The fourth-order valence-electron chi connectivity index (χ4n) is 4.38. The van der Waals surface area contributed by atoms with E-state index in [1.165, 1.54) is 6.42 Å². The fraction of sp³-hybridized carbons (Fsp3) is 0.500. The van der Waals surface area contributed by atoms with Crippen molar-refractivity contribution < 1.29 is 14.6 Å². The van der Waals surface area contributed by atoms with Crippen molar-refractivity contribution in [1.29, 1.82) is 0 Å². The molecule has 2 fully saturated rings. The molecule has 1 saturated carbocycles. The molecule has 0 spiro atoms. The molecule has 0 bridgehead atoms. The highest BCUT2D eigenvalue weighted by Crippen LogP contribution is 2.59. The molecule has 0 amide bonds. The van der Waals surface area contributed by atoms with Gasteiger partial charge in [-0.1, -0.05) is 38.0 Å².